The number of hydrogen-bond acceptors (Lipinski definition) is 4. The van der Waals surface area contributed by atoms with E-state index in [0.29, 0.717) is 13.2 Å². The van der Waals surface area contributed by atoms with E-state index in [-0.39, 0.29) is 18.3 Å². The molecule has 82 valence electrons. The van der Waals surface area contributed by atoms with Crippen molar-refractivity contribution in [2.45, 2.75) is 19.9 Å². The van der Waals surface area contributed by atoms with E-state index < -0.39 is 6.04 Å². The molecular weight excluding hydrogens is 186 g/mol. The molecule has 0 saturated carbocycles. The van der Waals surface area contributed by atoms with Crippen molar-refractivity contribution in [2.75, 3.05) is 26.9 Å². The molecule has 0 saturated heterocycles. The second kappa shape index (κ2) is 7.46. The summed E-state index contributed by atoms with van der Waals surface area (Å²) in [6.45, 7) is 3.85. The van der Waals surface area contributed by atoms with Crippen LogP contribution >= 0.6 is 0 Å². The summed E-state index contributed by atoms with van der Waals surface area (Å²) in [6.07, 6.45) is 0. The number of rotatable bonds is 7. The summed E-state index contributed by atoms with van der Waals surface area (Å²) in [5.74, 6) is -0.362. The van der Waals surface area contributed by atoms with Crippen molar-refractivity contribution in [1.82, 2.24) is 5.32 Å². The maximum absolute atomic E-state index is 11.1. The Bertz CT molecular complexity index is 193. The number of methoxy groups -OCH3 is 1. The molecule has 0 aliphatic carbocycles. The number of ketones is 1. The Morgan fingerprint density at radius 1 is 1.36 bits per heavy atom. The topological polar surface area (TPSA) is 64.6 Å². The summed E-state index contributed by atoms with van der Waals surface area (Å²) in [5, 5.41) is 2.50. The van der Waals surface area contributed by atoms with E-state index in [2.05, 4.69) is 5.32 Å². The molecule has 0 aliphatic heterocycles. The fourth-order valence-corrected chi connectivity index (χ4v) is 0.692. The van der Waals surface area contributed by atoms with Crippen LogP contribution in [0, 0.1) is 0 Å². The molecule has 1 unspecified atom stereocenters. The summed E-state index contributed by atoms with van der Waals surface area (Å²) >= 11 is 0. The van der Waals surface area contributed by atoms with Crippen LogP contribution in [0.2, 0.25) is 0 Å². The minimum absolute atomic E-state index is 0.0407. The fourth-order valence-electron chi connectivity index (χ4n) is 0.692. The molecule has 0 radical (unpaired) electrons. The van der Waals surface area contributed by atoms with Crippen molar-refractivity contribution in [1.29, 1.82) is 0 Å². The van der Waals surface area contributed by atoms with E-state index in [1.165, 1.54) is 6.92 Å². The molecule has 0 aromatic carbocycles. The Morgan fingerprint density at radius 2 is 2.00 bits per heavy atom. The number of amides is 1. The molecule has 0 rings (SSSR count). The van der Waals surface area contributed by atoms with Gasteiger partial charge in [-0.25, -0.2) is 0 Å². The third-order valence-corrected chi connectivity index (χ3v) is 1.65. The number of ether oxygens (including phenoxy) is 2. The second-order valence-electron chi connectivity index (χ2n) is 2.95. The van der Waals surface area contributed by atoms with Gasteiger partial charge in [0.05, 0.1) is 19.3 Å². The van der Waals surface area contributed by atoms with Gasteiger partial charge in [-0.3, -0.25) is 9.59 Å². The lowest BCUT2D eigenvalue weighted by molar-refractivity contribution is -0.130. The lowest BCUT2D eigenvalue weighted by atomic mass is 10.2. The van der Waals surface area contributed by atoms with Gasteiger partial charge in [-0.15, -0.1) is 0 Å². The predicted octanol–water partition coefficient (Wildman–Crippen LogP) is -0.257. The monoisotopic (exact) mass is 203 g/mol. The highest BCUT2D eigenvalue weighted by Gasteiger charge is 2.10. The molecule has 0 bridgehead atoms. The summed E-state index contributed by atoms with van der Waals surface area (Å²) in [4.78, 5) is 21.9. The number of nitrogens with one attached hydrogen (secondary N) is 1. The Hall–Kier alpha value is -0.940. The van der Waals surface area contributed by atoms with Gasteiger partial charge in [0.1, 0.15) is 6.61 Å². The van der Waals surface area contributed by atoms with Crippen LogP contribution in [-0.4, -0.2) is 44.7 Å². The Balaban J connectivity index is 3.50. The van der Waals surface area contributed by atoms with Crippen LogP contribution in [0.25, 0.3) is 0 Å². The number of carbonyl (C=O) groups excluding carboxylic acids is 2. The molecule has 1 atom stereocenters. The van der Waals surface area contributed by atoms with Crippen molar-refractivity contribution in [2.24, 2.45) is 0 Å². The zero-order chi connectivity index (χ0) is 11.0. The van der Waals surface area contributed by atoms with Crippen molar-refractivity contribution < 1.29 is 19.1 Å². The Labute approximate surface area is 83.8 Å². The maximum atomic E-state index is 11.1. The van der Waals surface area contributed by atoms with Gasteiger partial charge in [-0.2, -0.15) is 0 Å². The van der Waals surface area contributed by atoms with Gasteiger partial charge in [0, 0.05) is 7.11 Å². The average Bonchev–Trinajstić information content (AvgIpc) is 2.12. The minimum atomic E-state index is -0.450. The van der Waals surface area contributed by atoms with Gasteiger partial charge in [0.2, 0.25) is 5.91 Å². The predicted molar refractivity (Wildman–Crippen MR) is 51.0 cm³/mol. The average molecular weight is 203 g/mol. The molecule has 0 fully saturated rings. The van der Waals surface area contributed by atoms with Crippen molar-refractivity contribution in [3.8, 4) is 0 Å². The van der Waals surface area contributed by atoms with Gasteiger partial charge in [0.25, 0.3) is 0 Å². The summed E-state index contributed by atoms with van der Waals surface area (Å²) < 4.78 is 9.70. The van der Waals surface area contributed by atoms with Crippen LogP contribution < -0.4 is 5.32 Å². The first kappa shape index (κ1) is 13.1. The summed E-state index contributed by atoms with van der Waals surface area (Å²) in [7, 11) is 1.56. The van der Waals surface area contributed by atoms with Crippen molar-refractivity contribution >= 4 is 11.7 Å². The standard InChI is InChI=1S/C9H17NO4/c1-7(8(2)11)10-9(12)6-14-5-4-13-3/h7H,4-6H2,1-3H3,(H,10,12). The van der Waals surface area contributed by atoms with E-state index in [9.17, 15) is 9.59 Å². The summed E-state index contributed by atoms with van der Waals surface area (Å²) in [6, 6.07) is -0.450. The minimum Gasteiger partial charge on any atom is -0.382 e. The van der Waals surface area contributed by atoms with Crippen molar-refractivity contribution in [3.63, 3.8) is 0 Å². The van der Waals surface area contributed by atoms with Crippen molar-refractivity contribution in [3.05, 3.63) is 0 Å². The van der Waals surface area contributed by atoms with Crippen LogP contribution in [0.4, 0.5) is 0 Å². The molecule has 0 spiro atoms. The lowest BCUT2D eigenvalue weighted by Crippen LogP contribution is -2.39. The SMILES string of the molecule is COCCOCC(=O)NC(C)C(C)=O. The molecule has 0 aromatic heterocycles. The van der Waals surface area contributed by atoms with E-state index in [0.717, 1.165) is 0 Å². The van der Waals surface area contributed by atoms with Crippen LogP contribution in [-0.2, 0) is 19.1 Å². The van der Waals surface area contributed by atoms with E-state index in [4.69, 9.17) is 9.47 Å². The summed E-state index contributed by atoms with van der Waals surface area (Å²) in [5.41, 5.74) is 0. The zero-order valence-corrected chi connectivity index (χ0v) is 8.83. The van der Waals surface area contributed by atoms with E-state index >= 15 is 0 Å². The maximum Gasteiger partial charge on any atom is 0.246 e. The molecule has 1 amide bonds. The molecular formula is C9H17NO4. The number of Topliss-reactive ketones (excluding diaryl/α,β-unsaturated/α-hetero) is 1. The third kappa shape index (κ3) is 6.56. The van der Waals surface area contributed by atoms with E-state index in [1.54, 1.807) is 14.0 Å². The smallest absolute Gasteiger partial charge is 0.246 e. The molecule has 5 nitrogen and oxygen atoms in total. The molecule has 0 aromatic rings. The lowest BCUT2D eigenvalue weighted by Gasteiger charge is -2.10. The van der Waals surface area contributed by atoms with E-state index in [1.807, 2.05) is 0 Å². The quantitative estimate of drug-likeness (QED) is 0.579. The highest BCUT2D eigenvalue weighted by Crippen LogP contribution is 1.84. The Morgan fingerprint density at radius 3 is 2.50 bits per heavy atom. The van der Waals surface area contributed by atoms with Crippen LogP contribution in [0.15, 0.2) is 0 Å². The largest absolute Gasteiger partial charge is 0.382 e. The van der Waals surface area contributed by atoms with Gasteiger partial charge < -0.3 is 14.8 Å². The van der Waals surface area contributed by atoms with Gasteiger partial charge in [-0.1, -0.05) is 0 Å². The first-order chi connectivity index (χ1) is 6.57. The highest BCUT2D eigenvalue weighted by molar-refractivity contribution is 5.87. The second-order valence-corrected chi connectivity index (χ2v) is 2.95. The fraction of sp³-hybridized carbons (Fsp3) is 0.778. The molecule has 0 heterocycles. The van der Waals surface area contributed by atoms with Crippen LogP contribution in [0.5, 0.6) is 0 Å². The number of hydrogen-bond donors (Lipinski definition) is 1. The zero-order valence-electron chi connectivity index (χ0n) is 8.83. The van der Waals surface area contributed by atoms with Gasteiger partial charge in [0.15, 0.2) is 5.78 Å². The molecule has 1 N–H and O–H groups in total. The third-order valence-electron chi connectivity index (χ3n) is 1.65. The van der Waals surface area contributed by atoms with Gasteiger partial charge in [-0.05, 0) is 13.8 Å². The number of carbonyl (C=O) groups is 2. The molecule has 5 heteroatoms. The first-order valence-corrected chi connectivity index (χ1v) is 4.44. The highest BCUT2D eigenvalue weighted by atomic mass is 16.5. The van der Waals surface area contributed by atoms with Crippen LogP contribution in [0.1, 0.15) is 13.8 Å². The normalized spacial score (nSPS) is 12.2. The first-order valence-electron chi connectivity index (χ1n) is 4.44. The molecule has 0 aliphatic rings. The molecule has 14 heavy (non-hydrogen) atoms. The van der Waals surface area contributed by atoms with Crippen LogP contribution in [0.3, 0.4) is 0 Å². The van der Waals surface area contributed by atoms with Gasteiger partial charge >= 0.3 is 0 Å². The Kier molecular flexibility index (Phi) is 6.96.